The maximum atomic E-state index is 6.14. The van der Waals surface area contributed by atoms with Gasteiger partial charge in [-0.2, -0.15) is 0 Å². The molecular formula is C17H19BrClNS. The molecule has 1 N–H and O–H groups in total. The van der Waals surface area contributed by atoms with Crippen LogP contribution in [-0.2, 0) is 6.54 Å². The van der Waals surface area contributed by atoms with E-state index in [9.17, 15) is 0 Å². The van der Waals surface area contributed by atoms with E-state index in [0.717, 1.165) is 22.6 Å². The maximum absolute atomic E-state index is 6.14. The highest BCUT2D eigenvalue weighted by Crippen LogP contribution is 2.32. The minimum absolute atomic E-state index is 0.645. The summed E-state index contributed by atoms with van der Waals surface area (Å²) in [6.07, 6.45) is 0. The van der Waals surface area contributed by atoms with Gasteiger partial charge in [0.25, 0.3) is 0 Å². The van der Waals surface area contributed by atoms with E-state index in [4.69, 9.17) is 11.6 Å². The Bertz CT molecular complexity index is 584. The van der Waals surface area contributed by atoms with Crippen LogP contribution in [0.3, 0.4) is 0 Å². The van der Waals surface area contributed by atoms with Crippen LogP contribution < -0.4 is 5.32 Å². The third-order valence-electron chi connectivity index (χ3n) is 2.93. The molecule has 2 aromatic carbocycles. The molecule has 21 heavy (non-hydrogen) atoms. The van der Waals surface area contributed by atoms with E-state index < -0.39 is 0 Å². The van der Waals surface area contributed by atoms with Crippen LogP contribution in [-0.4, -0.2) is 6.54 Å². The second-order valence-corrected chi connectivity index (χ2v) is 7.80. The topological polar surface area (TPSA) is 12.0 Å². The average Bonchev–Trinajstić information content (AvgIpc) is 2.43. The van der Waals surface area contributed by atoms with E-state index in [0.29, 0.717) is 5.92 Å². The molecule has 0 heterocycles. The highest BCUT2D eigenvalue weighted by atomic mass is 79.9. The second-order valence-electron chi connectivity index (χ2n) is 5.33. The van der Waals surface area contributed by atoms with Gasteiger partial charge in [-0.05, 0) is 60.5 Å². The van der Waals surface area contributed by atoms with Gasteiger partial charge in [0.1, 0.15) is 0 Å². The molecule has 2 aromatic rings. The smallest absolute Gasteiger partial charge is 0.0410 e. The van der Waals surface area contributed by atoms with Gasteiger partial charge in [0.15, 0.2) is 0 Å². The number of nitrogens with one attached hydrogen (secondary N) is 1. The van der Waals surface area contributed by atoms with Crippen molar-refractivity contribution >= 4 is 39.3 Å². The Kier molecular flexibility index (Phi) is 6.62. The molecule has 0 radical (unpaired) electrons. The van der Waals surface area contributed by atoms with Gasteiger partial charge in [0, 0.05) is 25.8 Å². The van der Waals surface area contributed by atoms with Crippen molar-refractivity contribution in [2.75, 3.05) is 6.54 Å². The fourth-order valence-corrected chi connectivity index (χ4v) is 3.29. The van der Waals surface area contributed by atoms with Crippen molar-refractivity contribution in [2.24, 2.45) is 5.92 Å². The third-order valence-corrected chi connectivity index (χ3v) is 4.82. The first-order chi connectivity index (χ1) is 10.0. The highest BCUT2D eigenvalue weighted by molar-refractivity contribution is 9.10. The minimum atomic E-state index is 0.645. The van der Waals surface area contributed by atoms with E-state index in [1.165, 1.54) is 15.4 Å². The van der Waals surface area contributed by atoms with E-state index in [1.54, 1.807) is 11.8 Å². The quantitative estimate of drug-likeness (QED) is 0.655. The molecule has 0 aliphatic heterocycles. The fraction of sp³-hybridized carbons (Fsp3) is 0.294. The standard InChI is InChI=1S/C17H19BrClNS/c1-12(2)10-20-11-13-9-15(19)5-8-17(13)21-16-6-3-14(18)4-7-16/h3-9,12,20H,10-11H2,1-2H3. The SMILES string of the molecule is CC(C)CNCc1cc(Cl)ccc1Sc1ccc(Br)cc1. The van der Waals surface area contributed by atoms with E-state index >= 15 is 0 Å². The lowest BCUT2D eigenvalue weighted by molar-refractivity contribution is 0.550. The molecule has 0 spiro atoms. The Morgan fingerprint density at radius 1 is 1.14 bits per heavy atom. The number of hydrogen-bond donors (Lipinski definition) is 1. The Hall–Kier alpha value is -0.480. The first kappa shape index (κ1) is 16.9. The molecule has 0 saturated heterocycles. The summed E-state index contributed by atoms with van der Waals surface area (Å²) in [6.45, 7) is 6.28. The van der Waals surface area contributed by atoms with Crippen LogP contribution in [0, 0.1) is 5.92 Å². The largest absolute Gasteiger partial charge is 0.312 e. The maximum Gasteiger partial charge on any atom is 0.0410 e. The predicted molar refractivity (Wildman–Crippen MR) is 96.3 cm³/mol. The Balaban J connectivity index is 2.12. The molecule has 0 aliphatic carbocycles. The molecule has 0 fully saturated rings. The summed E-state index contributed by atoms with van der Waals surface area (Å²) in [5.41, 5.74) is 1.25. The van der Waals surface area contributed by atoms with E-state index in [1.807, 2.05) is 6.07 Å². The van der Waals surface area contributed by atoms with Crippen molar-refractivity contribution in [2.45, 2.75) is 30.2 Å². The van der Waals surface area contributed by atoms with Gasteiger partial charge in [0.05, 0.1) is 0 Å². The molecule has 4 heteroatoms. The van der Waals surface area contributed by atoms with Gasteiger partial charge in [0.2, 0.25) is 0 Å². The lowest BCUT2D eigenvalue weighted by atomic mass is 10.2. The predicted octanol–water partition coefficient (Wildman–Crippen LogP) is 6.00. The minimum Gasteiger partial charge on any atom is -0.312 e. The second kappa shape index (κ2) is 8.23. The molecule has 1 nitrogen and oxygen atoms in total. The van der Waals surface area contributed by atoms with Crippen molar-refractivity contribution in [3.8, 4) is 0 Å². The van der Waals surface area contributed by atoms with Crippen LogP contribution in [0.15, 0.2) is 56.7 Å². The molecule has 0 saturated carbocycles. The number of hydrogen-bond acceptors (Lipinski definition) is 2. The summed E-state index contributed by atoms with van der Waals surface area (Å²) < 4.78 is 1.10. The molecule has 0 atom stereocenters. The molecule has 2 rings (SSSR count). The Morgan fingerprint density at radius 3 is 2.52 bits per heavy atom. The lowest BCUT2D eigenvalue weighted by Crippen LogP contribution is -2.19. The molecule has 112 valence electrons. The van der Waals surface area contributed by atoms with Gasteiger partial charge in [-0.15, -0.1) is 0 Å². The van der Waals surface area contributed by atoms with Crippen molar-refractivity contribution in [3.63, 3.8) is 0 Å². The van der Waals surface area contributed by atoms with Gasteiger partial charge in [-0.1, -0.05) is 53.1 Å². The van der Waals surface area contributed by atoms with Gasteiger partial charge in [-0.25, -0.2) is 0 Å². The molecule has 0 bridgehead atoms. The first-order valence-corrected chi connectivity index (χ1v) is 8.96. The molecule has 0 unspecified atom stereocenters. The van der Waals surface area contributed by atoms with Crippen LogP contribution >= 0.6 is 39.3 Å². The zero-order valence-electron chi connectivity index (χ0n) is 12.2. The van der Waals surface area contributed by atoms with E-state index in [2.05, 4.69) is 71.5 Å². The Labute approximate surface area is 144 Å². The molecule has 0 aliphatic rings. The van der Waals surface area contributed by atoms with Crippen LogP contribution in [0.25, 0.3) is 0 Å². The zero-order chi connectivity index (χ0) is 15.2. The summed E-state index contributed by atoms with van der Waals surface area (Å²) in [4.78, 5) is 2.48. The van der Waals surface area contributed by atoms with E-state index in [-0.39, 0.29) is 0 Å². The average molecular weight is 385 g/mol. The fourth-order valence-electron chi connectivity index (χ4n) is 1.91. The summed E-state index contributed by atoms with van der Waals surface area (Å²) in [5.74, 6) is 0.645. The molecular weight excluding hydrogens is 366 g/mol. The first-order valence-electron chi connectivity index (χ1n) is 6.97. The van der Waals surface area contributed by atoms with Gasteiger partial charge < -0.3 is 5.32 Å². The summed E-state index contributed by atoms with van der Waals surface area (Å²) >= 11 is 11.4. The van der Waals surface area contributed by atoms with Crippen LogP contribution in [0.1, 0.15) is 19.4 Å². The molecule has 0 aromatic heterocycles. The highest BCUT2D eigenvalue weighted by Gasteiger charge is 2.06. The van der Waals surface area contributed by atoms with Gasteiger partial charge in [-0.3, -0.25) is 0 Å². The van der Waals surface area contributed by atoms with Crippen molar-refractivity contribution in [3.05, 3.63) is 57.5 Å². The zero-order valence-corrected chi connectivity index (χ0v) is 15.4. The van der Waals surface area contributed by atoms with Crippen molar-refractivity contribution in [1.82, 2.24) is 5.32 Å². The van der Waals surface area contributed by atoms with Gasteiger partial charge >= 0.3 is 0 Å². The normalized spacial score (nSPS) is 11.1. The molecule has 0 amide bonds. The lowest BCUT2D eigenvalue weighted by Gasteiger charge is -2.12. The number of halogens is 2. The summed E-state index contributed by atoms with van der Waals surface area (Å²) in [7, 11) is 0. The summed E-state index contributed by atoms with van der Waals surface area (Å²) in [6, 6.07) is 14.5. The summed E-state index contributed by atoms with van der Waals surface area (Å²) in [5, 5.41) is 4.27. The third kappa shape index (κ3) is 5.67. The number of benzene rings is 2. The van der Waals surface area contributed by atoms with Crippen LogP contribution in [0.5, 0.6) is 0 Å². The monoisotopic (exact) mass is 383 g/mol. The number of rotatable bonds is 6. The van der Waals surface area contributed by atoms with Crippen LogP contribution in [0.4, 0.5) is 0 Å². The van der Waals surface area contributed by atoms with Crippen LogP contribution in [0.2, 0.25) is 5.02 Å². The van der Waals surface area contributed by atoms with Crippen molar-refractivity contribution < 1.29 is 0 Å². The van der Waals surface area contributed by atoms with Crippen molar-refractivity contribution in [1.29, 1.82) is 0 Å². The Morgan fingerprint density at radius 2 is 1.86 bits per heavy atom.